The average Bonchev–Trinajstić information content (AvgIpc) is 2.99. The number of H-pyrrole nitrogens is 1. The first-order valence-electron chi connectivity index (χ1n) is 7.42. The van der Waals surface area contributed by atoms with Gasteiger partial charge in [-0.05, 0) is 30.2 Å². The van der Waals surface area contributed by atoms with Gasteiger partial charge in [-0.25, -0.2) is 0 Å². The Morgan fingerprint density at radius 3 is 2.84 bits per heavy atom. The summed E-state index contributed by atoms with van der Waals surface area (Å²) in [6, 6.07) is 7.49. The van der Waals surface area contributed by atoms with Crippen molar-refractivity contribution in [1.29, 1.82) is 0 Å². The summed E-state index contributed by atoms with van der Waals surface area (Å²) in [7, 11) is 0. The number of nitrogens with one attached hydrogen (secondary N) is 2. The molecule has 1 aromatic carbocycles. The highest BCUT2D eigenvalue weighted by molar-refractivity contribution is 6.35. The molecular formula is C17H13ClF3N3O. The molecule has 2 N–H and O–H groups in total. The number of aromatic nitrogens is 2. The van der Waals surface area contributed by atoms with Gasteiger partial charge in [0.1, 0.15) is 5.69 Å². The van der Waals surface area contributed by atoms with E-state index >= 15 is 0 Å². The average molecular weight is 368 g/mol. The second-order valence-corrected chi connectivity index (χ2v) is 5.82. The number of hydrogen-bond donors (Lipinski definition) is 2. The highest BCUT2D eigenvalue weighted by atomic mass is 35.5. The molecule has 3 aromatic rings. The van der Waals surface area contributed by atoms with Crippen molar-refractivity contribution in [1.82, 2.24) is 15.3 Å². The smallest absolute Gasteiger partial charge is 0.360 e. The SMILES string of the molecule is O=C(NCCc1c[nH]c2c(Cl)cccc12)c1ccnc(C(F)(F)F)c1. The van der Waals surface area contributed by atoms with Crippen LogP contribution < -0.4 is 5.32 Å². The van der Waals surface area contributed by atoms with Gasteiger partial charge in [0.2, 0.25) is 0 Å². The number of benzene rings is 1. The molecule has 130 valence electrons. The van der Waals surface area contributed by atoms with Crippen LogP contribution in [0.5, 0.6) is 0 Å². The minimum absolute atomic E-state index is 0.0794. The quantitative estimate of drug-likeness (QED) is 0.725. The predicted molar refractivity (Wildman–Crippen MR) is 88.6 cm³/mol. The van der Waals surface area contributed by atoms with Gasteiger partial charge in [-0.1, -0.05) is 23.7 Å². The van der Waals surface area contributed by atoms with E-state index in [-0.39, 0.29) is 12.1 Å². The summed E-state index contributed by atoms with van der Waals surface area (Å²) in [5.74, 6) is -0.578. The van der Waals surface area contributed by atoms with Crippen molar-refractivity contribution in [2.24, 2.45) is 0 Å². The highest BCUT2D eigenvalue weighted by Crippen LogP contribution is 2.28. The fourth-order valence-corrected chi connectivity index (χ4v) is 2.75. The number of carbonyl (C=O) groups excluding carboxylic acids is 1. The number of rotatable bonds is 4. The lowest BCUT2D eigenvalue weighted by atomic mass is 10.1. The highest BCUT2D eigenvalue weighted by Gasteiger charge is 2.32. The number of amides is 1. The largest absolute Gasteiger partial charge is 0.433 e. The summed E-state index contributed by atoms with van der Waals surface area (Å²) in [5.41, 5.74) is 0.605. The predicted octanol–water partition coefficient (Wildman–Crippen LogP) is 4.21. The second kappa shape index (κ2) is 6.76. The Balaban J connectivity index is 1.66. The first kappa shape index (κ1) is 17.3. The third-order valence-corrected chi connectivity index (χ3v) is 4.06. The molecule has 0 aliphatic rings. The van der Waals surface area contributed by atoms with Crippen LogP contribution in [-0.4, -0.2) is 22.4 Å². The molecule has 8 heteroatoms. The van der Waals surface area contributed by atoms with E-state index in [1.54, 1.807) is 12.3 Å². The normalized spacial score (nSPS) is 11.7. The zero-order chi connectivity index (χ0) is 18.0. The molecule has 0 spiro atoms. The molecule has 2 aromatic heterocycles. The van der Waals surface area contributed by atoms with E-state index in [0.717, 1.165) is 28.7 Å². The Bertz CT molecular complexity index is 921. The summed E-state index contributed by atoms with van der Waals surface area (Å²) in [5, 5.41) is 4.16. The maximum atomic E-state index is 12.6. The third kappa shape index (κ3) is 3.76. The Kier molecular flexibility index (Phi) is 4.67. The molecule has 4 nitrogen and oxygen atoms in total. The minimum Gasteiger partial charge on any atom is -0.360 e. The van der Waals surface area contributed by atoms with Crippen molar-refractivity contribution in [3.63, 3.8) is 0 Å². The summed E-state index contributed by atoms with van der Waals surface area (Å²) >= 11 is 6.09. The lowest BCUT2D eigenvalue weighted by molar-refractivity contribution is -0.141. The number of alkyl halides is 3. The van der Waals surface area contributed by atoms with Crippen molar-refractivity contribution in [3.8, 4) is 0 Å². The molecule has 0 atom stereocenters. The van der Waals surface area contributed by atoms with Gasteiger partial charge in [0.25, 0.3) is 5.91 Å². The molecule has 0 aliphatic carbocycles. The number of halogens is 4. The van der Waals surface area contributed by atoms with Crippen LogP contribution in [0.4, 0.5) is 13.2 Å². The van der Waals surface area contributed by atoms with Crippen molar-refractivity contribution in [2.45, 2.75) is 12.6 Å². The van der Waals surface area contributed by atoms with E-state index in [2.05, 4.69) is 15.3 Å². The Labute approximate surface area is 146 Å². The Hall–Kier alpha value is -2.54. The van der Waals surface area contributed by atoms with E-state index in [1.807, 2.05) is 12.1 Å². The third-order valence-electron chi connectivity index (χ3n) is 3.74. The van der Waals surface area contributed by atoms with Gasteiger partial charge in [0.15, 0.2) is 0 Å². The van der Waals surface area contributed by atoms with E-state index in [9.17, 15) is 18.0 Å². The van der Waals surface area contributed by atoms with Crippen LogP contribution >= 0.6 is 11.6 Å². The molecule has 0 aliphatic heterocycles. The van der Waals surface area contributed by atoms with Gasteiger partial charge in [0.05, 0.1) is 10.5 Å². The molecule has 0 radical (unpaired) electrons. The number of para-hydroxylation sites is 1. The lowest BCUT2D eigenvalue weighted by Gasteiger charge is -2.08. The van der Waals surface area contributed by atoms with Gasteiger partial charge in [-0.15, -0.1) is 0 Å². The van der Waals surface area contributed by atoms with E-state index in [1.165, 1.54) is 6.07 Å². The van der Waals surface area contributed by atoms with Crippen LogP contribution in [0.25, 0.3) is 10.9 Å². The molecule has 0 unspecified atom stereocenters. The molecule has 0 fully saturated rings. The molecule has 0 saturated heterocycles. The summed E-state index contributed by atoms with van der Waals surface area (Å²) in [6.07, 6.45) is -1.29. The van der Waals surface area contributed by atoms with E-state index in [0.29, 0.717) is 11.4 Å². The Morgan fingerprint density at radius 2 is 2.08 bits per heavy atom. The van der Waals surface area contributed by atoms with Crippen LogP contribution in [0, 0.1) is 0 Å². The van der Waals surface area contributed by atoms with Gasteiger partial charge < -0.3 is 10.3 Å². The summed E-state index contributed by atoms with van der Waals surface area (Å²) < 4.78 is 37.9. The van der Waals surface area contributed by atoms with E-state index in [4.69, 9.17) is 11.6 Å². The van der Waals surface area contributed by atoms with Gasteiger partial charge in [-0.3, -0.25) is 9.78 Å². The number of nitrogens with zero attached hydrogens (tertiary/aromatic N) is 1. The lowest BCUT2D eigenvalue weighted by Crippen LogP contribution is -2.26. The zero-order valence-electron chi connectivity index (χ0n) is 12.8. The number of carbonyl (C=O) groups is 1. The molecule has 0 bridgehead atoms. The standard InChI is InChI=1S/C17H13ClF3N3O/c18-13-3-1-2-12-11(9-24-15(12)13)5-7-23-16(25)10-4-6-22-14(8-10)17(19,20)21/h1-4,6,8-9,24H,5,7H2,(H,23,25). The number of hydrogen-bond acceptors (Lipinski definition) is 2. The molecule has 0 saturated carbocycles. The van der Waals surface area contributed by atoms with Crippen LogP contribution in [0.1, 0.15) is 21.6 Å². The number of pyridine rings is 1. The maximum Gasteiger partial charge on any atom is 0.433 e. The van der Waals surface area contributed by atoms with Crippen molar-refractivity contribution >= 4 is 28.4 Å². The second-order valence-electron chi connectivity index (χ2n) is 5.41. The topological polar surface area (TPSA) is 57.8 Å². The van der Waals surface area contributed by atoms with Crippen molar-refractivity contribution < 1.29 is 18.0 Å². The van der Waals surface area contributed by atoms with E-state index < -0.39 is 17.8 Å². The summed E-state index contributed by atoms with van der Waals surface area (Å²) in [6.45, 7) is 0.280. The van der Waals surface area contributed by atoms with Crippen LogP contribution in [0.15, 0.2) is 42.7 Å². The van der Waals surface area contributed by atoms with Crippen LogP contribution in [0.2, 0.25) is 5.02 Å². The maximum absolute atomic E-state index is 12.6. The fourth-order valence-electron chi connectivity index (χ4n) is 2.52. The first-order chi connectivity index (χ1) is 11.9. The van der Waals surface area contributed by atoms with Gasteiger partial charge in [0, 0.05) is 29.9 Å². The molecule has 3 rings (SSSR count). The Morgan fingerprint density at radius 1 is 1.28 bits per heavy atom. The summed E-state index contributed by atoms with van der Waals surface area (Å²) in [4.78, 5) is 18.3. The zero-order valence-corrected chi connectivity index (χ0v) is 13.6. The molecule has 25 heavy (non-hydrogen) atoms. The molecule has 2 heterocycles. The van der Waals surface area contributed by atoms with Gasteiger partial charge in [-0.2, -0.15) is 13.2 Å². The number of aromatic amines is 1. The number of fused-ring (bicyclic) bond motifs is 1. The van der Waals surface area contributed by atoms with Crippen LogP contribution in [0.3, 0.4) is 0 Å². The van der Waals surface area contributed by atoms with Crippen LogP contribution in [-0.2, 0) is 12.6 Å². The monoisotopic (exact) mass is 367 g/mol. The first-order valence-corrected chi connectivity index (χ1v) is 7.80. The molecular weight excluding hydrogens is 355 g/mol. The minimum atomic E-state index is -4.58. The van der Waals surface area contributed by atoms with Crippen molar-refractivity contribution in [3.05, 3.63) is 64.6 Å². The van der Waals surface area contributed by atoms with Gasteiger partial charge >= 0.3 is 6.18 Å². The fraction of sp³-hybridized carbons (Fsp3) is 0.176. The van der Waals surface area contributed by atoms with Crippen molar-refractivity contribution in [2.75, 3.05) is 6.54 Å². The molecule has 1 amide bonds.